The van der Waals surface area contributed by atoms with Gasteiger partial charge in [-0.3, -0.25) is 9.64 Å². The number of aliphatic hydroxyl groups excluding tert-OH is 1. The molecule has 1 N–H and O–H groups in total. The number of hydrogen-bond acceptors (Lipinski definition) is 3. The Morgan fingerprint density at radius 3 is 2.67 bits per heavy atom. The van der Waals surface area contributed by atoms with Crippen LogP contribution in [0, 0.1) is 13.1 Å². The Morgan fingerprint density at radius 2 is 2.08 bits per heavy atom. The summed E-state index contributed by atoms with van der Waals surface area (Å²) in [6.07, 6.45) is 3.33. The third-order valence-electron chi connectivity index (χ3n) is 3.94. The molecule has 24 heavy (non-hydrogen) atoms. The van der Waals surface area contributed by atoms with Crippen LogP contribution in [0.5, 0.6) is 0 Å². The summed E-state index contributed by atoms with van der Waals surface area (Å²) in [5.74, 6) is -0.680. The molecule has 122 valence electrons. The first-order valence-corrected chi connectivity index (χ1v) is 7.24. The van der Waals surface area contributed by atoms with E-state index in [0.717, 1.165) is 5.56 Å². The molecule has 2 rings (SSSR count). The first kappa shape index (κ1) is 17.1. The van der Waals surface area contributed by atoms with E-state index in [-0.39, 0.29) is 30.4 Å². The number of nitrogens with zero attached hydrogens (tertiary/aromatic N) is 3. The normalized spacial score (nSPS) is 19.6. The molecule has 0 saturated carbocycles. The van der Waals surface area contributed by atoms with Gasteiger partial charge in [0.2, 0.25) is 12.5 Å². The molecule has 1 aliphatic rings. The second-order valence-electron chi connectivity index (χ2n) is 5.33. The van der Waals surface area contributed by atoms with Gasteiger partial charge in [0.15, 0.2) is 0 Å². The zero-order valence-electron chi connectivity index (χ0n) is 13.5. The van der Waals surface area contributed by atoms with Crippen molar-refractivity contribution in [3.8, 4) is 0 Å². The van der Waals surface area contributed by atoms with Crippen LogP contribution in [0.15, 0.2) is 42.0 Å². The second kappa shape index (κ2) is 6.89. The van der Waals surface area contributed by atoms with Crippen molar-refractivity contribution in [3.05, 3.63) is 75.9 Å². The van der Waals surface area contributed by atoms with Crippen molar-refractivity contribution in [2.75, 3.05) is 13.7 Å². The van der Waals surface area contributed by atoms with E-state index in [9.17, 15) is 9.90 Å². The maximum Gasteiger partial charge on any atom is 0.344 e. The highest BCUT2D eigenvalue weighted by Gasteiger charge is 2.50. The smallest absolute Gasteiger partial charge is 0.344 e. The van der Waals surface area contributed by atoms with Crippen molar-refractivity contribution in [1.29, 1.82) is 0 Å². The van der Waals surface area contributed by atoms with E-state index in [1.165, 1.54) is 18.9 Å². The number of carbonyl (C=O) groups is 1. The Balaban J connectivity index is 2.66. The summed E-state index contributed by atoms with van der Waals surface area (Å²) in [6, 6.07) is 7.29. The van der Waals surface area contributed by atoms with E-state index in [0.29, 0.717) is 5.56 Å². The maximum absolute atomic E-state index is 12.1. The van der Waals surface area contributed by atoms with Gasteiger partial charge in [-0.15, -0.1) is 0 Å². The van der Waals surface area contributed by atoms with Gasteiger partial charge in [-0.1, -0.05) is 18.2 Å². The van der Waals surface area contributed by atoms with Crippen molar-refractivity contribution in [2.24, 2.45) is 0 Å². The van der Waals surface area contributed by atoms with Gasteiger partial charge in [0.05, 0.1) is 24.7 Å². The molecule has 0 radical (unpaired) electrons. The number of fused-ring (bicyclic) bond motifs is 1. The summed E-state index contributed by atoms with van der Waals surface area (Å²) in [4.78, 5) is 20.5. The molecule has 6 heteroatoms. The Hall–Kier alpha value is -3.25. The highest BCUT2D eigenvalue weighted by molar-refractivity contribution is 5.79. The first-order valence-electron chi connectivity index (χ1n) is 7.24. The quantitative estimate of drug-likeness (QED) is 0.683. The van der Waals surface area contributed by atoms with Crippen LogP contribution in [0.4, 0.5) is 0 Å². The SMILES string of the molecule is [C-]#[N+]C/C(CC1([N+]#[C-])c2ccccc2C=CN1C(C)=O)=C(\O)OC. The molecule has 1 aromatic carbocycles. The molecular weight excluding hydrogens is 306 g/mol. The number of hydrogen-bond donors (Lipinski definition) is 1. The van der Waals surface area contributed by atoms with Crippen molar-refractivity contribution in [3.63, 3.8) is 0 Å². The van der Waals surface area contributed by atoms with Gasteiger partial charge in [0.25, 0.3) is 5.95 Å². The number of methoxy groups -OCH3 is 1. The maximum atomic E-state index is 12.1. The minimum atomic E-state index is -1.36. The van der Waals surface area contributed by atoms with Gasteiger partial charge < -0.3 is 14.7 Å². The van der Waals surface area contributed by atoms with Gasteiger partial charge in [-0.25, -0.2) is 18.0 Å². The van der Waals surface area contributed by atoms with Crippen LogP contribution in [0.1, 0.15) is 24.5 Å². The highest BCUT2D eigenvalue weighted by atomic mass is 16.6. The van der Waals surface area contributed by atoms with Crippen LogP contribution in [-0.2, 0) is 15.2 Å². The Kier molecular flexibility index (Phi) is 4.91. The predicted molar refractivity (Wildman–Crippen MR) is 89.0 cm³/mol. The first-order chi connectivity index (χ1) is 11.5. The largest absolute Gasteiger partial charge is 0.481 e. The van der Waals surface area contributed by atoms with E-state index in [2.05, 4.69) is 9.69 Å². The van der Waals surface area contributed by atoms with E-state index in [4.69, 9.17) is 17.9 Å². The molecule has 0 bridgehead atoms. The summed E-state index contributed by atoms with van der Waals surface area (Å²) < 4.78 is 4.85. The van der Waals surface area contributed by atoms with Gasteiger partial charge in [0, 0.05) is 13.1 Å². The Morgan fingerprint density at radius 1 is 1.38 bits per heavy atom. The highest BCUT2D eigenvalue weighted by Crippen LogP contribution is 2.42. The lowest BCUT2D eigenvalue weighted by Gasteiger charge is -2.35. The van der Waals surface area contributed by atoms with E-state index >= 15 is 0 Å². The topological polar surface area (TPSA) is 58.5 Å². The van der Waals surface area contributed by atoms with E-state index in [1.54, 1.807) is 24.4 Å². The summed E-state index contributed by atoms with van der Waals surface area (Å²) >= 11 is 0. The number of rotatable bonds is 4. The van der Waals surface area contributed by atoms with Crippen LogP contribution < -0.4 is 0 Å². The fraction of sp³-hybridized carbons (Fsp3) is 0.278. The summed E-state index contributed by atoms with van der Waals surface area (Å²) in [7, 11) is 1.29. The molecule has 1 aromatic rings. The van der Waals surface area contributed by atoms with Crippen LogP contribution >= 0.6 is 0 Å². The minimum absolute atomic E-state index is 0.0144. The van der Waals surface area contributed by atoms with Gasteiger partial charge in [-0.05, 0) is 17.7 Å². The molecule has 0 aromatic heterocycles. The van der Waals surface area contributed by atoms with E-state index in [1.807, 2.05) is 12.1 Å². The fourth-order valence-corrected chi connectivity index (χ4v) is 2.85. The second-order valence-corrected chi connectivity index (χ2v) is 5.33. The number of aliphatic hydroxyl groups is 1. The molecule has 0 aliphatic carbocycles. The van der Waals surface area contributed by atoms with E-state index < -0.39 is 5.66 Å². The summed E-state index contributed by atoms with van der Waals surface area (Å²) in [6.45, 7) is 16.1. The van der Waals surface area contributed by atoms with Crippen molar-refractivity contribution in [2.45, 2.75) is 19.0 Å². The lowest BCUT2D eigenvalue weighted by Crippen LogP contribution is -2.45. The summed E-state index contributed by atoms with van der Waals surface area (Å²) in [5.41, 5.74) is 0.401. The standard InChI is InChI=1S/C18H17N3O3/c1-13(22)21-10-9-14-7-5-6-8-16(14)18(21,20-3)11-15(12-19-2)17(23)24-4/h5-10,23H,11-12H2,1,4H3/b17-15+. The zero-order valence-corrected chi connectivity index (χ0v) is 13.5. The van der Waals surface area contributed by atoms with Crippen LogP contribution in [0.3, 0.4) is 0 Å². The molecule has 0 fully saturated rings. The Labute approximate surface area is 140 Å². The van der Waals surface area contributed by atoms with Gasteiger partial charge >= 0.3 is 5.66 Å². The molecule has 1 amide bonds. The molecule has 1 heterocycles. The van der Waals surface area contributed by atoms with Gasteiger partial charge in [-0.2, -0.15) is 0 Å². The molecule has 0 saturated heterocycles. The molecule has 1 unspecified atom stereocenters. The fourth-order valence-electron chi connectivity index (χ4n) is 2.85. The lowest BCUT2D eigenvalue weighted by atomic mass is 9.85. The predicted octanol–water partition coefficient (Wildman–Crippen LogP) is 3.32. The number of carbonyl (C=O) groups excluding carboxylic acids is 1. The number of amides is 1. The average molecular weight is 323 g/mol. The molecule has 6 nitrogen and oxygen atoms in total. The lowest BCUT2D eigenvalue weighted by molar-refractivity contribution is -0.130. The minimum Gasteiger partial charge on any atom is -0.481 e. The average Bonchev–Trinajstić information content (AvgIpc) is 2.60. The van der Waals surface area contributed by atoms with Crippen LogP contribution in [-0.4, -0.2) is 29.6 Å². The molecular formula is C18H17N3O3. The number of benzene rings is 1. The third kappa shape index (κ3) is 2.82. The zero-order chi connectivity index (χ0) is 17.7. The Bertz CT molecular complexity index is 798. The van der Waals surface area contributed by atoms with Crippen molar-refractivity contribution in [1.82, 2.24) is 4.90 Å². The van der Waals surface area contributed by atoms with Crippen LogP contribution in [0.2, 0.25) is 0 Å². The van der Waals surface area contributed by atoms with Gasteiger partial charge in [0.1, 0.15) is 0 Å². The molecule has 0 spiro atoms. The van der Waals surface area contributed by atoms with Crippen molar-refractivity contribution < 1.29 is 14.6 Å². The van der Waals surface area contributed by atoms with Crippen LogP contribution in [0.25, 0.3) is 15.8 Å². The third-order valence-corrected chi connectivity index (χ3v) is 3.94. The summed E-state index contributed by atoms with van der Waals surface area (Å²) in [5, 5.41) is 9.95. The van der Waals surface area contributed by atoms with Crippen molar-refractivity contribution >= 4 is 12.0 Å². The molecule has 1 aliphatic heterocycles. The number of ether oxygens (including phenoxy) is 1. The monoisotopic (exact) mass is 323 g/mol. The molecule has 1 atom stereocenters.